The average Bonchev–Trinajstić information content (AvgIpc) is 2.32. The maximum Gasteiger partial charge on any atom is 0.397 e. The van der Waals surface area contributed by atoms with E-state index in [0.29, 0.717) is 0 Å². The third kappa shape index (κ3) is 4.26. The standard InChI is InChI=1S/C7H13N3O8S/c1-16-7-5(12)6(18-19(13,14)15)4(11)3(17-7)2-9-10-8/h3-7,11-12H,2H2,1H3,(H,13,14,15)/t3-,4-,5+,6+,7+/m1/s1. The first-order valence-electron chi connectivity index (χ1n) is 5.01. The van der Waals surface area contributed by atoms with Gasteiger partial charge in [0.15, 0.2) is 6.29 Å². The summed E-state index contributed by atoms with van der Waals surface area (Å²) in [5.74, 6) is 0. The molecule has 1 aliphatic rings. The number of ether oxygens (including phenoxy) is 2. The monoisotopic (exact) mass is 299 g/mol. The van der Waals surface area contributed by atoms with E-state index in [1.807, 2.05) is 0 Å². The summed E-state index contributed by atoms with van der Waals surface area (Å²) < 4.78 is 43.9. The number of nitrogens with zero attached hydrogens (tertiary/aromatic N) is 3. The molecule has 0 saturated carbocycles. The molecule has 1 heterocycles. The number of aliphatic hydroxyl groups is 2. The molecule has 110 valence electrons. The Morgan fingerprint density at radius 2 is 2.05 bits per heavy atom. The Balaban J connectivity index is 2.93. The summed E-state index contributed by atoms with van der Waals surface area (Å²) in [7, 11) is -3.73. The van der Waals surface area contributed by atoms with Crippen LogP contribution in [-0.2, 0) is 24.1 Å². The molecule has 0 aliphatic carbocycles. The lowest BCUT2D eigenvalue weighted by Gasteiger charge is -2.40. The second-order valence-electron chi connectivity index (χ2n) is 3.66. The van der Waals surface area contributed by atoms with Crippen molar-refractivity contribution in [3.63, 3.8) is 0 Å². The molecule has 0 unspecified atom stereocenters. The van der Waals surface area contributed by atoms with Crippen molar-refractivity contribution in [2.45, 2.75) is 30.7 Å². The molecule has 0 aromatic rings. The topological polar surface area (TPSA) is 171 Å². The highest BCUT2D eigenvalue weighted by atomic mass is 32.3. The third-order valence-electron chi connectivity index (χ3n) is 2.43. The molecule has 0 aromatic heterocycles. The number of hydrogen-bond donors (Lipinski definition) is 3. The van der Waals surface area contributed by atoms with Crippen LogP contribution in [0.25, 0.3) is 10.4 Å². The zero-order valence-electron chi connectivity index (χ0n) is 9.73. The van der Waals surface area contributed by atoms with E-state index < -0.39 is 41.1 Å². The van der Waals surface area contributed by atoms with Crippen LogP contribution in [0.5, 0.6) is 0 Å². The molecular formula is C7H13N3O8S. The van der Waals surface area contributed by atoms with Gasteiger partial charge in [-0.2, -0.15) is 8.42 Å². The maximum absolute atomic E-state index is 10.7. The fourth-order valence-electron chi connectivity index (χ4n) is 1.62. The quantitative estimate of drug-likeness (QED) is 0.240. The highest BCUT2D eigenvalue weighted by Crippen LogP contribution is 2.25. The first-order valence-corrected chi connectivity index (χ1v) is 6.37. The molecule has 0 radical (unpaired) electrons. The highest BCUT2D eigenvalue weighted by molar-refractivity contribution is 7.80. The van der Waals surface area contributed by atoms with Gasteiger partial charge in [-0.3, -0.25) is 4.55 Å². The summed E-state index contributed by atoms with van der Waals surface area (Å²) in [6.07, 6.45) is -7.49. The molecule has 3 N–H and O–H groups in total. The van der Waals surface area contributed by atoms with E-state index in [2.05, 4.69) is 14.2 Å². The molecule has 5 atom stereocenters. The molecule has 12 heteroatoms. The Labute approximate surface area is 108 Å². The van der Waals surface area contributed by atoms with E-state index in [0.717, 1.165) is 0 Å². The van der Waals surface area contributed by atoms with Crippen molar-refractivity contribution in [2.75, 3.05) is 13.7 Å². The second-order valence-corrected chi connectivity index (χ2v) is 4.71. The van der Waals surface area contributed by atoms with Crippen LogP contribution in [0.2, 0.25) is 0 Å². The van der Waals surface area contributed by atoms with Crippen molar-refractivity contribution in [3.8, 4) is 0 Å². The van der Waals surface area contributed by atoms with Gasteiger partial charge in [0.2, 0.25) is 0 Å². The van der Waals surface area contributed by atoms with Gasteiger partial charge in [0.05, 0.1) is 12.6 Å². The molecule has 0 aromatic carbocycles. The van der Waals surface area contributed by atoms with Crippen molar-refractivity contribution in [1.82, 2.24) is 0 Å². The van der Waals surface area contributed by atoms with Crippen molar-refractivity contribution in [1.29, 1.82) is 0 Å². The van der Waals surface area contributed by atoms with E-state index >= 15 is 0 Å². The van der Waals surface area contributed by atoms with Crippen molar-refractivity contribution < 1.29 is 36.8 Å². The van der Waals surface area contributed by atoms with Gasteiger partial charge < -0.3 is 19.7 Å². The van der Waals surface area contributed by atoms with Crippen LogP contribution in [-0.4, -0.2) is 67.5 Å². The van der Waals surface area contributed by atoms with Crippen LogP contribution in [0.3, 0.4) is 0 Å². The zero-order chi connectivity index (χ0) is 14.6. The Morgan fingerprint density at radius 3 is 2.53 bits per heavy atom. The van der Waals surface area contributed by atoms with E-state index in [-0.39, 0.29) is 6.54 Å². The minimum atomic E-state index is -4.90. The molecule has 19 heavy (non-hydrogen) atoms. The molecule has 1 aliphatic heterocycles. The summed E-state index contributed by atoms with van der Waals surface area (Å²) in [4.78, 5) is 2.46. The lowest BCUT2D eigenvalue weighted by atomic mass is 9.99. The Hall–Kier alpha value is -0.980. The van der Waals surface area contributed by atoms with E-state index in [9.17, 15) is 18.6 Å². The Morgan fingerprint density at radius 1 is 1.42 bits per heavy atom. The van der Waals surface area contributed by atoms with Crippen LogP contribution < -0.4 is 0 Å². The minimum Gasteiger partial charge on any atom is -0.388 e. The van der Waals surface area contributed by atoms with E-state index in [1.54, 1.807) is 0 Å². The normalized spacial score (nSPS) is 35.7. The molecule has 0 amide bonds. The van der Waals surface area contributed by atoms with Gasteiger partial charge in [-0.05, 0) is 5.53 Å². The van der Waals surface area contributed by atoms with Gasteiger partial charge >= 0.3 is 10.4 Å². The molecule has 0 bridgehead atoms. The number of azide groups is 1. The summed E-state index contributed by atoms with van der Waals surface area (Å²) in [6.45, 7) is -0.338. The Kier molecular flexibility index (Phi) is 5.46. The first kappa shape index (κ1) is 16.1. The fraction of sp³-hybridized carbons (Fsp3) is 1.00. The number of methoxy groups -OCH3 is 1. The van der Waals surface area contributed by atoms with Gasteiger partial charge in [0.1, 0.15) is 18.3 Å². The Bertz CT molecular complexity index is 449. The predicted octanol–water partition coefficient (Wildman–Crippen LogP) is -1.42. The van der Waals surface area contributed by atoms with Crippen LogP contribution >= 0.6 is 0 Å². The molecule has 1 rings (SSSR count). The second kappa shape index (κ2) is 6.45. The largest absolute Gasteiger partial charge is 0.397 e. The average molecular weight is 299 g/mol. The number of rotatable bonds is 5. The summed E-state index contributed by atoms with van der Waals surface area (Å²) in [6, 6.07) is 0. The van der Waals surface area contributed by atoms with E-state index in [4.69, 9.17) is 19.6 Å². The van der Waals surface area contributed by atoms with Crippen molar-refractivity contribution >= 4 is 10.4 Å². The van der Waals surface area contributed by atoms with Crippen molar-refractivity contribution in [3.05, 3.63) is 10.4 Å². The highest BCUT2D eigenvalue weighted by Gasteiger charge is 2.47. The lowest BCUT2D eigenvalue weighted by molar-refractivity contribution is -0.282. The molecule has 1 fully saturated rings. The van der Waals surface area contributed by atoms with Crippen molar-refractivity contribution in [2.24, 2.45) is 5.11 Å². The summed E-state index contributed by atoms with van der Waals surface area (Å²) in [5, 5.41) is 22.6. The van der Waals surface area contributed by atoms with Gasteiger partial charge in [-0.25, -0.2) is 4.18 Å². The molecule has 1 saturated heterocycles. The van der Waals surface area contributed by atoms with Crippen LogP contribution in [0, 0.1) is 0 Å². The van der Waals surface area contributed by atoms with Gasteiger partial charge in [-0.15, -0.1) is 0 Å². The first-order chi connectivity index (χ1) is 8.80. The van der Waals surface area contributed by atoms with Gasteiger partial charge in [0.25, 0.3) is 0 Å². The maximum atomic E-state index is 10.7. The molecule has 11 nitrogen and oxygen atoms in total. The zero-order valence-corrected chi connectivity index (χ0v) is 10.5. The van der Waals surface area contributed by atoms with Gasteiger partial charge in [0, 0.05) is 12.0 Å². The molecule has 0 spiro atoms. The van der Waals surface area contributed by atoms with E-state index in [1.165, 1.54) is 7.11 Å². The summed E-state index contributed by atoms with van der Waals surface area (Å²) >= 11 is 0. The lowest BCUT2D eigenvalue weighted by Crippen LogP contribution is -2.60. The predicted molar refractivity (Wildman–Crippen MR) is 58.1 cm³/mol. The van der Waals surface area contributed by atoms with Gasteiger partial charge in [-0.1, -0.05) is 5.11 Å². The van der Waals surface area contributed by atoms with Crippen LogP contribution in [0.4, 0.5) is 0 Å². The minimum absolute atomic E-state index is 0.338. The smallest absolute Gasteiger partial charge is 0.388 e. The SMILES string of the molecule is CO[C@H]1O[C@H](CN=[N+]=[N-])[C@@H](O)[C@H](OS(=O)(=O)O)[C@@H]1O. The summed E-state index contributed by atoms with van der Waals surface area (Å²) in [5.41, 5.74) is 8.18. The fourth-order valence-corrected chi connectivity index (χ4v) is 2.13. The van der Waals surface area contributed by atoms with Crippen LogP contribution in [0.1, 0.15) is 0 Å². The third-order valence-corrected chi connectivity index (χ3v) is 2.90. The molecular weight excluding hydrogens is 286 g/mol. The van der Waals surface area contributed by atoms with Crippen LogP contribution in [0.15, 0.2) is 5.11 Å². The number of hydrogen-bond acceptors (Lipinski definition) is 8. The number of aliphatic hydroxyl groups excluding tert-OH is 2.